The summed E-state index contributed by atoms with van der Waals surface area (Å²) in [5, 5.41) is 6.05. The van der Waals surface area contributed by atoms with E-state index < -0.39 is 0 Å². The molecule has 0 radical (unpaired) electrons. The van der Waals surface area contributed by atoms with Crippen LogP contribution in [-0.2, 0) is 6.42 Å². The van der Waals surface area contributed by atoms with Gasteiger partial charge in [-0.15, -0.1) is 11.3 Å². The van der Waals surface area contributed by atoms with Gasteiger partial charge in [0.1, 0.15) is 0 Å². The van der Waals surface area contributed by atoms with Gasteiger partial charge in [-0.05, 0) is 36.1 Å². The van der Waals surface area contributed by atoms with E-state index in [1.54, 1.807) is 18.2 Å². The molecule has 0 spiro atoms. The molecular weight excluding hydrogens is 387 g/mol. The molecule has 3 nitrogen and oxygen atoms in total. The summed E-state index contributed by atoms with van der Waals surface area (Å²) in [4.78, 5) is 16.9. The first-order valence-corrected chi connectivity index (χ1v) is 9.87. The second-order valence-electron chi connectivity index (χ2n) is 6.41. The Hall–Kier alpha value is -1.88. The number of carbonyl (C=O) groups excluding carboxylic acids is 1. The van der Waals surface area contributed by atoms with Crippen LogP contribution < -0.4 is 5.32 Å². The average Bonchev–Trinajstić information content (AvgIpc) is 3.03. The SMILES string of the molecule is CC(C)Cc1ccc(-c2csc(NC(=O)c3ccc(Cl)cc3Cl)n2)cc1. The Morgan fingerprint density at radius 1 is 1.15 bits per heavy atom. The molecule has 134 valence electrons. The summed E-state index contributed by atoms with van der Waals surface area (Å²) in [6, 6.07) is 13.2. The van der Waals surface area contributed by atoms with E-state index in [0.717, 1.165) is 17.7 Å². The van der Waals surface area contributed by atoms with Crippen molar-refractivity contribution < 1.29 is 4.79 Å². The van der Waals surface area contributed by atoms with Crippen LogP contribution in [0.5, 0.6) is 0 Å². The number of anilines is 1. The van der Waals surface area contributed by atoms with Gasteiger partial charge < -0.3 is 0 Å². The molecule has 0 fully saturated rings. The molecule has 0 aliphatic heterocycles. The second kappa shape index (κ2) is 8.21. The number of nitrogens with zero attached hydrogens (tertiary/aromatic N) is 1. The van der Waals surface area contributed by atoms with Gasteiger partial charge in [0.05, 0.1) is 16.3 Å². The van der Waals surface area contributed by atoms with Crippen LogP contribution in [0.1, 0.15) is 29.8 Å². The number of carbonyl (C=O) groups is 1. The maximum atomic E-state index is 12.4. The number of hydrogen-bond donors (Lipinski definition) is 1. The van der Waals surface area contributed by atoms with Crippen LogP contribution in [0.2, 0.25) is 10.0 Å². The van der Waals surface area contributed by atoms with Gasteiger partial charge >= 0.3 is 0 Å². The van der Waals surface area contributed by atoms with Crippen LogP contribution in [0, 0.1) is 5.92 Å². The van der Waals surface area contributed by atoms with Gasteiger partial charge in [-0.3, -0.25) is 10.1 Å². The molecular formula is C20H18Cl2N2OS. The first kappa shape index (κ1) is 18.9. The largest absolute Gasteiger partial charge is 0.298 e. The fraction of sp³-hybridized carbons (Fsp3) is 0.200. The van der Waals surface area contributed by atoms with Gasteiger partial charge in [0, 0.05) is 16.0 Å². The van der Waals surface area contributed by atoms with Crippen molar-refractivity contribution in [2.75, 3.05) is 5.32 Å². The van der Waals surface area contributed by atoms with Crippen LogP contribution in [0.15, 0.2) is 47.8 Å². The highest BCUT2D eigenvalue weighted by molar-refractivity contribution is 7.14. The van der Waals surface area contributed by atoms with Crippen molar-refractivity contribution in [1.82, 2.24) is 4.98 Å². The quantitative estimate of drug-likeness (QED) is 0.522. The third kappa shape index (κ3) is 4.64. The van der Waals surface area contributed by atoms with Crippen molar-refractivity contribution in [3.05, 3.63) is 69.0 Å². The number of nitrogens with one attached hydrogen (secondary N) is 1. The minimum atomic E-state index is -0.306. The molecule has 1 N–H and O–H groups in total. The van der Waals surface area contributed by atoms with Gasteiger partial charge in [0.15, 0.2) is 5.13 Å². The van der Waals surface area contributed by atoms with Crippen molar-refractivity contribution in [2.24, 2.45) is 5.92 Å². The topological polar surface area (TPSA) is 42.0 Å². The predicted octanol–water partition coefficient (Wildman–Crippen LogP) is 6.57. The molecule has 0 bridgehead atoms. The Kier molecular flexibility index (Phi) is 5.97. The number of amides is 1. The molecule has 0 saturated carbocycles. The Morgan fingerprint density at radius 2 is 1.88 bits per heavy atom. The minimum absolute atomic E-state index is 0.306. The monoisotopic (exact) mass is 404 g/mol. The summed E-state index contributed by atoms with van der Waals surface area (Å²) in [6.07, 6.45) is 1.06. The second-order valence-corrected chi connectivity index (χ2v) is 8.11. The summed E-state index contributed by atoms with van der Waals surface area (Å²) in [5.74, 6) is 0.321. The average molecular weight is 405 g/mol. The van der Waals surface area contributed by atoms with Crippen molar-refractivity contribution in [2.45, 2.75) is 20.3 Å². The van der Waals surface area contributed by atoms with Crippen molar-refractivity contribution in [1.29, 1.82) is 0 Å². The molecule has 0 aliphatic carbocycles. The zero-order valence-corrected chi connectivity index (χ0v) is 16.8. The zero-order chi connectivity index (χ0) is 18.7. The maximum absolute atomic E-state index is 12.4. The first-order valence-electron chi connectivity index (χ1n) is 8.23. The number of hydrogen-bond acceptors (Lipinski definition) is 3. The number of rotatable bonds is 5. The fourth-order valence-corrected chi connectivity index (χ4v) is 3.79. The smallest absolute Gasteiger partial charge is 0.258 e. The highest BCUT2D eigenvalue weighted by atomic mass is 35.5. The highest BCUT2D eigenvalue weighted by Crippen LogP contribution is 2.27. The zero-order valence-electron chi connectivity index (χ0n) is 14.4. The van der Waals surface area contributed by atoms with Crippen LogP contribution in [-0.4, -0.2) is 10.9 Å². The van der Waals surface area contributed by atoms with Crippen LogP contribution >= 0.6 is 34.5 Å². The van der Waals surface area contributed by atoms with Crippen LogP contribution in [0.25, 0.3) is 11.3 Å². The normalized spacial score (nSPS) is 11.0. The molecule has 2 aromatic carbocycles. The number of aromatic nitrogens is 1. The van der Waals surface area contributed by atoms with Gasteiger partial charge in [0.25, 0.3) is 5.91 Å². The van der Waals surface area contributed by atoms with Crippen molar-refractivity contribution >= 4 is 45.6 Å². The van der Waals surface area contributed by atoms with Crippen molar-refractivity contribution in [3.8, 4) is 11.3 Å². The van der Waals surface area contributed by atoms with Crippen LogP contribution in [0.4, 0.5) is 5.13 Å². The third-order valence-corrected chi connectivity index (χ3v) is 5.10. The van der Waals surface area contributed by atoms with Gasteiger partial charge in [-0.25, -0.2) is 4.98 Å². The summed E-state index contributed by atoms with van der Waals surface area (Å²) in [5.41, 5.74) is 3.54. The van der Waals surface area contributed by atoms with Gasteiger partial charge in [-0.1, -0.05) is 61.3 Å². The molecule has 0 aliphatic rings. The van der Waals surface area contributed by atoms with Gasteiger partial charge in [-0.2, -0.15) is 0 Å². The maximum Gasteiger partial charge on any atom is 0.258 e. The molecule has 0 atom stereocenters. The lowest BCUT2D eigenvalue weighted by molar-refractivity contribution is 0.102. The third-order valence-electron chi connectivity index (χ3n) is 3.79. The Morgan fingerprint density at radius 3 is 2.54 bits per heavy atom. The standard InChI is InChI=1S/C20H18Cl2N2OS/c1-12(2)9-13-3-5-14(6-4-13)18-11-26-20(23-18)24-19(25)16-8-7-15(21)10-17(16)22/h3-8,10-12H,9H2,1-2H3,(H,23,24,25). The predicted molar refractivity (Wildman–Crippen MR) is 111 cm³/mol. The highest BCUT2D eigenvalue weighted by Gasteiger charge is 2.13. The minimum Gasteiger partial charge on any atom is -0.298 e. The Balaban J connectivity index is 1.72. The summed E-state index contributed by atoms with van der Waals surface area (Å²) >= 11 is 13.3. The van der Waals surface area contributed by atoms with E-state index in [-0.39, 0.29) is 5.91 Å². The molecule has 3 rings (SSSR count). The van der Waals surface area contributed by atoms with E-state index in [4.69, 9.17) is 23.2 Å². The molecule has 1 aromatic heterocycles. The van der Waals surface area contributed by atoms with Crippen molar-refractivity contribution in [3.63, 3.8) is 0 Å². The lowest BCUT2D eigenvalue weighted by Gasteiger charge is -2.05. The summed E-state index contributed by atoms with van der Waals surface area (Å²) in [6.45, 7) is 4.41. The fourth-order valence-electron chi connectivity index (χ4n) is 2.58. The van der Waals surface area contributed by atoms with Crippen LogP contribution in [0.3, 0.4) is 0 Å². The van der Waals surface area contributed by atoms with E-state index in [0.29, 0.717) is 26.7 Å². The van der Waals surface area contributed by atoms with E-state index in [2.05, 4.69) is 48.4 Å². The lowest BCUT2D eigenvalue weighted by Crippen LogP contribution is -2.12. The number of halogens is 2. The van der Waals surface area contributed by atoms with E-state index in [1.165, 1.54) is 16.9 Å². The van der Waals surface area contributed by atoms with E-state index >= 15 is 0 Å². The molecule has 3 aromatic rings. The molecule has 0 unspecified atom stereocenters. The molecule has 1 amide bonds. The molecule has 6 heteroatoms. The molecule has 1 heterocycles. The number of benzene rings is 2. The number of thiazole rings is 1. The first-order chi connectivity index (χ1) is 12.4. The Bertz CT molecular complexity index is 920. The lowest BCUT2D eigenvalue weighted by atomic mass is 10.0. The Labute approximate surface area is 167 Å². The van der Waals surface area contributed by atoms with E-state index in [1.807, 2.05) is 5.38 Å². The molecule has 0 saturated heterocycles. The summed E-state index contributed by atoms with van der Waals surface area (Å²) in [7, 11) is 0. The van der Waals surface area contributed by atoms with E-state index in [9.17, 15) is 4.79 Å². The molecule has 26 heavy (non-hydrogen) atoms. The summed E-state index contributed by atoms with van der Waals surface area (Å²) < 4.78 is 0. The van der Waals surface area contributed by atoms with Gasteiger partial charge in [0.2, 0.25) is 0 Å².